The predicted octanol–water partition coefficient (Wildman–Crippen LogP) is 3.61. The Morgan fingerprint density at radius 3 is 2.84 bits per heavy atom. The summed E-state index contributed by atoms with van der Waals surface area (Å²) in [6, 6.07) is -0.174. The molecular formula is C16H24BrClN4O3. The van der Waals surface area contributed by atoms with Crippen molar-refractivity contribution in [2.75, 3.05) is 12.4 Å². The SMILES string of the molecule is CN(C(=O)O)C(C)(C)C[C@@H]1CCC[C@H](Nc2nc(Cl)ncc2Br)[C@H]1O. The molecular weight excluding hydrogens is 412 g/mol. The Morgan fingerprint density at radius 1 is 1.52 bits per heavy atom. The Labute approximate surface area is 160 Å². The molecule has 1 aromatic rings. The third-order valence-electron chi connectivity index (χ3n) is 4.98. The Balaban J connectivity index is 2.08. The van der Waals surface area contributed by atoms with Gasteiger partial charge in [0.1, 0.15) is 5.82 Å². The molecule has 0 unspecified atom stereocenters. The fraction of sp³-hybridized carbons (Fsp3) is 0.688. The van der Waals surface area contributed by atoms with Crippen molar-refractivity contribution in [1.29, 1.82) is 0 Å². The van der Waals surface area contributed by atoms with E-state index in [0.29, 0.717) is 16.7 Å². The van der Waals surface area contributed by atoms with E-state index in [9.17, 15) is 15.0 Å². The molecule has 2 rings (SSSR count). The average Bonchev–Trinajstić information content (AvgIpc) is 2.53. The van der Waals surface area contributed by atoms with E-state index < -0.39 is 17.7 Å². The number of rotatable bonds is 5. The van der Waals surface area contributed by atoms with E-state index in [0.717, 1.165) is 19.3 Å². The number of halogens is 2. The zero-order valence-electron chi connectivity index (χ0n) is 14.5. The van der Waals surface area contributed by atoms with Gasteiger partial charge in [0.25, 0.3) is 0 Å². The first-order valence-electron chi connectivity index (χ1n) is 8.21. The van der Waals surface area contributed by atoms with Crippen LogP contribution in [-0.2, 0) is 0 Å². The second-order valence-electron chi connectivity index (χ2n) is 7.13. The van der Waals surface area contributed by atoms with Crippen LogP contribution in [0.4, 0.5) is 10.6 Å². The highest BCUT2D eigenvalue weighted by atomic mass is 79.9. The van der Waals surface area contributed by atoms with Gasteiger partial charge < -0.3 is 20.4 Å². The zero-order valence-corrected chi connectivity index (χ0v) is 16.9. The van der Waals surface area contributed by atoms with Crippen LogP contribution in [0.2, 0.25) is 5.28 Å². The monoisotopic (exact) mass is 434 g/mol. The van der Waals surface area contributed by atoms with Gasteiger partial charge in [0.15, 0.2) is 0 Å². The van der Waals surface area contributed by atoms with Crippen LogP contribution in [0.25, 0.3) is 0 Å². The molecule has 0 radical (unpaired) electrons. The number of anilines is 1. The maximum atomic E-state index is 11.3. The molecule has 0 aliphatic heterocycles. The second kappa shape index (κ2) is 8.05. The van der Waals surface area contributed by atoms with Gasteiger partial charge in [-0.05, 0) is 66.6 Å². The minimum absolute atomic E-state index is 0.000801. The quantitative estimate of drug-likeness (QED) is 0.611. The lowest BCUT2D eigenvalue weighted by molar-refractivity contribution is 0.0215. The molecule has 1 fully saturated rings. The third-order valence-corrected chi connectivity index (χ3v) is 5.74. The van der Waals surface area contributed by atoms with Crippen LogP contribution >= 0.6 is 27.5 Å². The number of carboxylic acid groups (broad SMARTS) is 1. The third kappa shape index (κ3) is 4.95. The van der Waals surface area contributed by atoms with Crippen LogP contribution in [0.15, 0.2) is 10.7 Å². The summed E-state index contributed by atoms with van der Waals surface area (Å²) in [5.41, 5.74) is -0.557. The summed E-state index contributed by atoms with van der Waals surface area (Å²) in [6.07, 6.45) is 3.20. The van der Waals surface area contributed by atoms with Crippen molar-refractivity contribution in [2.45, 2.75) is 57.2 Å². The molecule has 1 aliphatic carbocycles. The first kappa shape index (κ1) is 20.2. The average molecular weight is 436 g/mol. The lowest BCUT2D eigenvalue weighted by Gasteiger charge is -2.42. The van der Waals surface area contributed by atoms with Crippen molar-refractivity contribution in [3.05, 3.63) is 16.0 Å². The Bertz CT molecular complexity index is 631. The normalized spacial score (nSPS) is 24.0. The van der Waals surface area contributed by atoms with Gasteiger partial charge in [-0.1, -0.05) is 6.42 Å². The van der Waals surface area contributed by atoms with Gasteiger partial charge in [-0.15, -0.1) is 0 Å². The highest BCUT2D eigenvalue weighted by Crippen LogP contribution is 2.35. The van der Waals surface area contributed by atoms with Crippen molar-refractivity contribution in [1.82, 2.24) is 14.9 Å². The Hall–Kier alpha value is -1.12. The highest BCUT2D eigenvalue weighted by Gasteiger charge is 2.38. The number of aliphatic hydroxyl groups is 1. The predicted molar refractivity (Wildman–Crippen MR) is 100.0 cm³/mol. The number of carbonyl (C=O) groups is 1. The molecule has 0 aromatic carbocycles. The van der Waals surface area contributed by atoms with E-state index in [-0.39, 0.29) is 17.2 Å². The lowest BCUT2D eigenvalue weighted by Crippen LogP contribution is -2.50. The summed E-state index contributed by atoms with van der Waals surface area (Å²) >= 11 is 9.22. The van der Waals surface area contributed by atoms with E-state index >= 15 is 0 Å². The minimum atomic E-state index is -0.968. The molecule has 9 heteroatoms. The van der Waals surface area contributed by atoms with Gasteiger partial charge >= 0.3 is 6.09 Å². The van der Waals surface area contributed by atoms with Gasteiger partial charge in [-0.25, -0.2) is 9.78 Å². The molecule has 0 saturated heterocycles. The summed E-state index contributed by atoms with van der Waals surface area (Å²) in [5, 5.41) is 23.4. The Morgan fingerprint density at radius 2 is 2.20 bits per heavy atom. The summed E-state index contributed by atoms with van der Waals surface area (Å²) < 4.78 is 0.678. The second-order valence-corrected chi connectivity index (χ2v) is 8.32. The maximum Gasteiger partial charge on any atom is 0.407 e. The van der Waals surface area contributed by atoms with Gasteiger partial charge in [0.05, 0.1) is 16.6 Å². The van der Waals surface area contributed by atoms with Gasteiger partial charge in [0, 0.05) is 18.8 Å². The number of amides is 1. The van der Waals surface area contributed by atoms with Crippen LogP contribution in [0.3, 0.4) is 0 Å². The summed E-state index contributed by atoms with van der Waals surface area (Å²) in [7, 11) is 1.56. The van der Waals surface area contributed by atoms with Crippen molar-refractivity contribution in [3.63, 3.8) is 0 Å². The van der Waals surface area contributed by atoms with Crippen molar-refractivity contribution >= 4 is 39.4 Å². The summed E-state index contributed by atoms with van der Waals surface area (Å²) in [5.74, 6) is 0.547. The number of hydrogen-bond acceptors (Lipinski definition) is 5. The number of nitrogens with one attached hydrogen (secondary N) is 1. The molecule has 3 atom stereocenters. The number of aliphatic hydroxyl groups excluding tert-OH is 1. The molecule has 1 amide bonds. The van der Waals surface area contributed by atoms with Gasteiger partial charge in [-0.3, -0.25) is 0 Å². The minimum Gasteiger partial charge on any atom is -0.465 e. The molecule has 1 heterocycles. The lowest BCUT2D eigenvalue weighted by atomic mass is 9.76. The van der Waals surface area contributed by atoms with Crippen molar-refractivity contribution in [2.24, 2.45) is 5.92 Å². The van der Waals surface area contributed by atoms with E-state index in [1.54, 1.807) is 13.2 Å². The smallest absolute Gasteiger partial charge is 0.407 e. The number of hydrogen-bond donors (Lipinski definition) is 3. The van der Waals surface area contributed by atoms with Crippen LogP contribution in [0, 0.1) is 5.92 Å². The highest BCUT2D eigenvalue weighted by molar-refractivity contribution is 9.10. The van der Waals surface area contributed by atoms with Crippen LogP contribution in [0.1, 0.15) is 39.5 Å². The first-order chi connectivity index (χ1) is 11.6. The molecule has 7 nitrogen and oxygen atoms in total. The molecule has 1 saturated carbocycles. The van der Waals surface area contributed by atoms with E-state index in [4.69, 9.17) is 11.6 Å². The molecule has 25 heavy (non-hydrogen) atoms. The molecule has 0 spiro atoms. The fourth-order valence-electron chi connectivity index (χ4n) is 3.31. The largest absolute Gasteiger partial charge is 0.465 e. The standard InChI is InChI=1S/C16H24BrClN4O3/c1-16(2,22(3)15(24)25)7-9-5-4-6-11(12(9)23)20-13-10(17)8-19-14(18)21-13/h8-9,11-12,23H,4-7H2,1-3H3,(H,24,25)(H,19,20,21)/t9-,11-,12-/m0/s1. The van der Waals surface area contributed by atoms with Crippen LogP contribution in [0.5, 0.6) is 0 Å². The fourth-order valence-corrected chi connectivity index (χ4v) is 3.75. The van der Waals surface area contributed by atoms with Crippen molar-refractivity contribution in [3.8, 4) is 0 Å². The number of nitrogens with zero attached hydrogens (tertiary/aromatic N) is 3. The van der Waals surface area contributed by atoms with E-state index in [1.165, 1.54) is 4.90 Å². The number of aromatic nitrogens is 2. The maximum absolute atomic E-state index is 11.3. The Kier molecular flexibility index (Phi) is 6.51. The summed E-state index contributed by atoms with van der Waals surface area (Å²) in [6.45, 7) is 3.76. The molecule has 1 aliphatic rings. The molecule has 0 bridgehead atoms. The first-order valence-corrected chi connectivity index (χ1v) is 9.38. The summed E-state index contributed by atoms with van der Waals surface area (Å²) in [4.78, 5) is 20.6. The zero-order chi connectivity index (χ0) is 18.8. The van der Waals surface area contributed by atoms with Crippen molar-refractivity contribution < 1.29 is 15.0 Å². The van der Waals surface area contributed by atoms with Crippen LogP contribution in [-0.4, -0.2) is 55.9 Å². The van der Waals surface area contributed by atoms with E-state index in [2.05, 4.69) is 31.2 Å². The van der Waals surface area contributed by atoms with Gasteiger partial charge in [0.2, 0.25) is 5.28 Å². The molecule has 1 aromatic heterocycles. The van der Waals surface area contributed by atoms with Crippen LogP contribution < -0.4 is 5.32 Å². The van der Waals surface area contributed by atoms with E-state index in [1.807, 2.05) is 13.8 Å². The molecule has 140 valence electrons. The topological polar surface area (TPSA) is 98.6 Å². The molecule has 3 N–H and O–H groups in total. The van der Waals surface area contributed by atoms with Gasteiger partial charge in [-0.2, -0.15) is 4.98 Å².